The first-order valence-corrected chi connectivity index (χ1v) is 8.92. The van der Waals surface area contributed by atoms with Gasteiger partial charge < -0.3 is 10.6 Å². The van der Waals surface area contributed by atoms with Crippen LogP contribution in [0.15, 0.2) is 0 Å². The first-order chi connectivity index (χ1) is 9.94. The Morgan fingerprint density at radius 1 is 1.38 bits per heavy atom. The zero-order valence-corrected chi connectivity index (χ0v) is 14.6. The number of piperidine rings is 1. The number of unbranched alkanes of at least 4 members (excludes halogenated alkanes) is 2. The Bertz CT molecular complexity index is 296. The largest absolute Gasteiger partial charge is 0.356 e. The average molecular weight is 296 g/mol. The number of hydrogen-bond acceptors (Lipinski definition) is 2. The molecule has 0 aromatic heterocycles. The molecule has 2 N–H and O–H groups in total. The van der Waals surface area contributed by atoms with Gasteiger partial charge in [0.2, 0.25) is 5.91 Å². The summed E-state index contributed by atoms with van der Waals surface area (Å²) in [5, 5.41) is 6.60. The minimum atomic E-state index is 0.223. The number of carbonyl (C=O) groups excluding carboxylic acids is 1. The van der Waals surface area contributed by atoms with Gasteiger partial charge >= 0.3 is 0 Å². The molecule has 1 saturated heterocycles. The summed E-state index contributed by atoms with van der Waals surface area (Å²) in [6.07, 6.45) is 8.22. The van der Waals surface area contributed by atoms with Crippen LogP contribution in [0.1, 0.15) is 72.6 Å². The van der Waals surface area contributed by atoms with Gasteiger partial charge in [0, 0.05) is 13.0 Å². The minimum Gasteiger partial charge on any atom is -0.356 e. The number of nitrogens with one attached hydrogen (secondary N) is 2. The molecule has 0 saturated carbocycles. The molecule has 3 heteroatoms. The molecular weight excluding hydrogens is 260 g/mol. The Kier molecular flexibility index (Phi) is 8.31. The summed E-state index contributed by atoms with van der Waals surface area (Å²) in [5.41, 5.74) is 0.223. The van der Waals surface area contributed by atoms with Crippen LogP contribution in [0.5, 0.6) is 0 Å². The van der Waals surface area contributed by atoms with Gasteiger partial charge in [-0.25, -0.2) is 0 Å². The third kappa shape index (κ3) is 7.85. The zero-order valence-electron chi connectivity index (χ0n) is 14.6. The molecule has 0 radical (unpaired) electrons. The average Bonchev–Trinajstić information content (AvgIpc) is 2.46. The zero-order chi connectivity index (χ0) is 15.7. The van der Waals surface area contributed by atoms with Crippen molar-refractivity contribution in [3.8, 4) is 0 Å². The maximum absolute atomic E-state index is 12.1. The quantitative estimate of drug-likeness (QED) is 0.636. The van der Waals surface area contributed by atoms with Crippen molar-refractivity contribution in [2.45, 2.75) is 72.6 Å². The predicted molar refractivity (Wildman–Crippen MR) is 90.3 cm³/mol. The molecule has 1 rings (SSSR count). The maximum Gasteiger partial charge on any atom is 0.220 e. The fourth-order valence-electron chi connectivity index (χ4n) is 3.18. The molecule has 124 valence electrons. The van der Waals surface area contributed by atoms with Crippen LogP contribution in [-0.4, -0.2) is 25.5 Å². The normalized spacial score (nSPS) is 21.0. The molecular formula is C18H36N2O. The highest BCUT2D eigenvalue weighted by atomic mass is 16.1. The van der Waals surface area contributed by atoms with Gasteiger partial charge in [0.1, 0.15) is 0 Å². The summed E-state index contributed by atoms with van der Waals surface area (Å²) >= 11 is 0. The van der Waals surface area contributed by atoms with E-state index in [-0.39, 0.29) is 11.3 Å². The van der Waals surface area contributed by atoms with Crippen LogP contribution in [0.4, 0.5) is 0 Å². The molecule has 2 atom stereocenters. The lowest BCUT2D eigenvalue weighted by atomic mass is 9.84. The van der Waals surface area contributed by atoms with Gasteiger partial charge in [0.05, 0.1) is 0 Å². The van der Waals surface area contributed by atoms with Crippen LogP contribution >= 0.6 is 0 Å². The van der Waals surface area contributed by atoms with Crippen LogP contribution < -0.4 is 10.6 Å². The Morgan fingerprint density at radius 2 is 2.14 bits per heavy atom. The number of carbonyl (C=O) groups is 1. The van der Waals surface area contributed by atoms with E-state index in [1.165, 1.54) is 38.5 Å². The Morgan fingerprint density at radius 3 is 2.76 bits per heavy atom. The van der Waals surface area contributed by atoms with E-state index in [2.05, 4.69) is 38.3 Å². The maximum atomic E-state index is 12.1. The summed E-state index contributed by atoms with van der Waals surface area (Å²) in [6.45, 7) is 12.0. The molecule has 0 bridgehead atoms. The van der Waals surface area contributed by atoms with E-state index in [4.69, 9.17) is 0 Å². The highest BCUT2D eigenvalue weighted by Crippen LogP contribution is 2.24. The van der Waals surface area contributed by atoms with E-state index in [9.17, 15) is 4.79 Å². The molecule has 0 aliphatic carbocycles. The first kappa shape index (κ1) is 18.5. The number of rotatable bonds is 9. The lowest BCUT2D eigenvalue weighted by molar-refractivity contribution is -0.122. The summed E-state index contributed by atoms with van der Waals surface area (Å²) in [4.78, 5) is 12.1. The van der Waals surface area contributed by atoms with Crippen molar-refractivity contribution in [2.24, 2.45) is 17.3 Å². The first-order valence-electron chi connectivity index (χ1n) is 8.92. The molecule has 1 amide bonds. The smallest absolute Gasteiger partial charge is 0.220 e. The third-order valence-electron chi connectivity index (χ3n) is 4.87. The van der Waals surface area contributed by atoms with Crippen LogP contribution in [0, 0.1) is 17.3 Å². The van der Waals surface area contributed by atoms with E-state index in [0.29, 0.717) is 18.3 Å². The topological polar surface area (TPSA) is 41.1 Å². The minimum absolute atomic E-state index is 0.223. The van der Waals surface area contributed by atoms with Gasteiger partial charge in [-0.2, -0.15) is 0 Å². The van der Waals surface area contributed by atoms with Crippen LogP contribution in [0.2, 0.25) is 0 Å². The standard InChI is InChI=1S/C18H36N2O/c1-5-6-7-10-18(3,4)14-20-17(21)12-15(2)16-9-8-11-19-13-16/h15-16,19H,5-14H2,1-4H3,(H,20,21). The Labute approximate surface area is 131 Å². The summed E-state index contributed by atoms with van der Waals surface area (Å²) < 4.78 is 0. The molecule has 21 heavy (non-hydrogen) atoms. The third-order valence-corrected chi connectivity index (χ3v) is 4.87. The van der Waals surface area contributed by atoms with Crippen molar-refractivity contribution < 1.29 is 4.79 Å². The Hall–Kier alpha value is -0.570. The van der Waals surface area contributed by atoms with E-state index >= 15 is 0 Å². The van der Waals surface area contributed by atoms with Gasteiger partial charge in [-0.05, 0) is 49.6 Å². The highest BCUT2D eigenvalue weighted by molar-refractivity contribution is 5.76. The number of hydrogen-bond donors (Lipinski definition) is 2. The number of amides is 1. The molecule has 1 aliphatic rings. The van der Waals surface area contributed by atoms with Crippen molar-refractivity contribution in [1.82, 2.24) is 10.6 Å². The van der Waals surface area contributed by atoms with Crippen molar-refractivity contribution in [2.75, 3.05) is 19.6 Å². The van der Waals surface area contributed by atoms with Gasteiger partial charge in [0.15, 0.2) is 0 Å². The summed E-state index contributed by atoms with van der Waals surface area (Å²) in [7, 11) is 0. The van der Waals surface area contributed by atoms with E-state index < -0.39 is 0 Å². The summed E-state index contributed by atoms with van der Waals surface area (Å²) in [6, 6.07) is 0. The molecule has 0 spiro atoms. The van der Waals surface area contributed by atoms with Crippen LogP contribution in [0.25, 0.3) is 0 Å². The molecule has 1 fully saturated rings. The lowest BCUT2D eigenvalue weighted by Gasteiger charge is -2.29. The SMILES string of the molecule is CCCCCC(C)(C)CNC(=O)CC(C)C1CCCNC1. The molecule has 0 aromatic carbocycles. The second kappa shape index (κ2) is 9.45. The second-order valence-electron chi connectivity index (χ2n) is 7.69. The molecule has 2 unspecified atom stereocenters. The fraction of sp³-hybridized carbons (Fsp3) is 0.944. The Balaban J connectivity index is 2.22. The summed E-state index contributed by atoms with van der Waals surface area (Å²) in [5.74, 6) is 1.39. The van der Waals surface area contributed by atoms with Gasteiger partial charge in [-0.15, -0.1) is 0 Å². The monoisotopic (exact) mass is 296 g/mol. The molecule has 3 nitrogen and oxygen atoms in total. The molecule has 0 aromatic rings. The second-order valence-corrected chi connectivity index (χ2v) is 7.69. The molecule has 1 heterocycles. The van der Waals surface area contributed by atoms with Crippen LogP contribution in [-0.2, 0) is 4.79 Å². The molecule has 1 aliphatic heterocycles. The van der Waals surface area contributed by atoms with Crippen molar-refractivity contribution in [3.63, 3.8) is 0 Å². The van der Waals surface area contributed by atoms with E-state index in [1.54, 1.807) is 0 Å². The van der Waals surface area contributed by atoms with E-state index in [0.717, 1.165) is 19.6 Å². The van der Waals surface area contributed by atoms with Gasteiger partial charge in [-0.1, -0.05) is 47.0 Å². The van der Waals surface area contributed by atoms with Crippen molar-refractivity contribution >= 4 is 5.91 Å². The van der Waals surface area contributed by atoms with Gasteiger partial charge in [-0.3, -0.25) is 4.79 Å². The fourth-order valence-corrected chi connectivity index (χ4v) is 3.18. The van der Waals surface area contributed by atoms with Crippen molar-refractivity contribution in [1.29, 1.82) is 0 Å². The van der Waals surface area contributed by atoms with Gasteiger partial charge in [0.25, 0.3) is 0 Å². The predicted octanol–water partition coefficient (Wildman–Crippen LogP) is 3.73. The highest BCUT2D eigenvalue weighted by Gasteiger charge is 2.23. The van der Waals surface area contributed by atoms with Crippen molar-refractivity contribution in [3.05, 3.63) is 0 Å². The lowest BCUT2D eigenvalue weighted by Crippen LogP contribution is -2.38. The van der Waals surface area contributed by atoms with Crippen LogP contribution in [0.3, 0.4) is 0 Å². The van der Waals surface area contributed by atoms with E-state index in [1.807, 2.05) is 0 Å².